The largest absolute Gasteiger partial charge is 0.493 e. The summed E-state index contributed by atoms with van der Waals surface area (Å²) in [4.78, 5) is 24.3. The Kier molecular flexibility index (Phi) is 3.97. The molecule has 0 spiro atoms. The van der Waals surface area contributed by atoms with Gasteiger partial charge in [-0.1, -0.05) is 6.07 Å². The van der Waals surface area contributed by atoms with E-state index in [-0.39, 0.29) is 11.4 Å². The van der Waals surface area contributed by atoms with E-state index in [1.54, 1.807) is 0 Å². The fourth-order valence-corrected chi connectivity index (χ4v) is 4.23. The van der Waals surface area contributed by atoms with Crippen LogP contribution in [0.1, 0.15) is 61.7 Å². The van der Waals surface area contributed by atoms with Crippen LogP contribution in [0.4, 0.5) is 0 Å². The Labute approximate surface area is 147 Å². The highest BCUT2D eigenvalue weighted by Crippen LogP contribution is 2.52. The first-order valence-electron chi connectivity index (χ1n) is 9.29. The van der Waals surface area contributed by atoms with Crippen LogP contribution in [0.2, 0.25) is 0 Å². The zero-order valence-corrected chi connectivity index (χ0v) is 14.4. The Morgan fingerprint density at radius 1 is 1.12 bits per heavy atom. The van der Waals surface area contributed by atoms with Gasteiger partial charge in [0.2, 0.25) is 0 Å². The van der Waals surface area contributed by atoms with Gasteiger partial charge in [0.25, 0.3) is 5.91 Å². The third kappa shape index (κ3) is 3.24. The third-order valence-corrected chi connectivity index (χ3v) is 6.36. The summed E-state index contributed by atoms with van der Waals surface area (Å²) in [5.41, 5.74) is -0.175. The lowest BCUT2D eigenvalue weighted by Crippen LogP contribution is -2.58. The van der Waals surface area contributed by atoms with Crippen LogP contribution in [-0.4, -0.2) is 29.1 Å². The van der Waals surface area contributed by atoms with Crippen LogP contribution in [0.3, 0.4) is 0 Å². The molecule has 0 heterocycles. The Hall–Kier alpha value is -2.04. The molecule has 25 heavy (non-hydrogen) atoms. The van der Waals surface area contributed by atoms with Crippen LogP contribution in [0.15, 0.2) is 24.3 Å². The third-order valence-electron chi connectivity index (χ3n) is 6.36. The maximum absolute atomic E-state index is 12.7. The molecule has 5 heteroatoms. The number of carbonyl (C=O) groups excluding carboxylic acids is 1. The molecule has 4 saturated carbocycles. The Morgan fingerprint density at radius 3 is 2.40 bits per heavy atom. The maximum Gasteiger partial charge on any atom is 0.309 e. The van der Waals surface area contributed by atoms with Crippen molar-refractivity contribution >= 4 is 11.9 Å². The zero-order valence-electron chi connectivity index (χ0n) is 14.4. The predicted octanol–water partition coefficient (Wildman–Crippen LogP) is 3.38. The number of carboxylic acid groups (broad SMARTS) is 1. The minimum atomic E-state index is -0.673. The number of aliphatic carboxylic acids is 1. The van der Waals surface area contributed by atoms with Crippen molar-refractivity contribution < 1.29 is 19.4 Å². The molecule has 0 atom stereocenters. The van der Waals surface area contributed by atoms with Crippen LogP contribution >= 0.6 is 0 Å². The number of ether oxygens (including phenoxy) is 1. The Morgan fingerprint density at radius 2 is 1.80 bits per heavy atom. The van der Waals surface area contributed by atoms with Crippen molar-refractivity contribution in [1.82, 2.24) is 5.32 Å². The SMILES string of the molecule is O=C(NC12CCC(C(=O)O)(CC1)CC2)c1cccc(OCC2CC2)c1. The topological polar surface area (TPSA) is 75.6 Å². The van der Waals surface area contributed by atoms with Gasteiger partial charge in [-0.15, -0.1) is 0 Å². The average Bonchev–Trinajstić information content (AvgIpc) is 3.46. The van der Waals surface area contributed by atoms with Gasteiger partial charge in [-0.25, -0.2) is 0 Å². The summed E-state index contributed by atoms with van der Waals surface area (Å²) in [5.74, 6) is 0.666. The fourth-order valence-electron chi connectivity index (χ4n) is 4.23. The number of carbonyl (C=O) groups is 2. The summed E-state index contributed by atoms with van der Waals surface area (Å²) in [7, 11) is 0. The summed E-state index contributed by atoms with van der Waals surface area (Å²) in [6, 6.07) is 7.36. The molecular formula is C20H25NO4. The molecule has 2 bridgehead atoms. The molecule has 0 saturated heterocycles. The number of hydrogen-bond donors (Lipinski definition) is 2. The molecule has 1 aromatic carbocycles. The maximum atomic E-state index is 12.7. The van der Waals surface area contributed by atoms with Crippen molar-refractivity contribution in [2.24, 2.45) is 11.3 Å². The van der Waals surface area contributed by atoms with Crippen molar-refractivity contribution in [3.63, 3.8) is 0 Å². The zero-order chi connectivity index (χ0) is 17.5. The molecule has 5 rings (SSSR count). The lowest BCUT2D eigenvalue weighted by molar-refractivity contribution is -0.156. The normalized spacial score (nSPS) is 30.7. The lowest BCUT2D eigenvalue weighted by atomic mass is 9.57. The van der Waals surface area contributed by atoms with Gasteiger partial charge in [0.05, 0.1) is 12.0 Å². The summed E-state index contributed by atoms with van der Waals surface area (Å²) in [6.07, 6.45) is 6.71. The molecule has 1 amide bonds. The van der Waals surface area contributed by atoms with E-state index in [9.17, 15) is 14.7 Å². The molecule has 5 nitrogen and oxygen atoms in total. The van der Waals surface area contributed by atoms with Gasteiger partial charge in [-0.2, -0.15) is 0 Å². The summed E-state index contributed by atoms with van der Waals surface area (Å²) >= 11 is 0. The van der Waals surface area contributed by atoms with E-state index in [2.05, 4.69) is 5.32 Å². The van der Waals surface area contributed by atoms with Crippen LogP contribution in [-0.2, 0) is 4.79 Å². The number of fused-ring (bicyclic) bond motifs is 3. The van der Waals surface area contributed by atoms with Crippen molar-refractivity contribution in [3.05, 3.63) is 29.8 Å². The second-order valence-corrected chi connectivity index (χ2v) is 8.10. The molecular weight excluding hydrogens is 318 g/mol. The number of amides is 1. The van der Waals surface area contributed by atoms with Gasteiger partial charge in [-0.3, -0.25) is 9.59 Å². The standard InChI is InChI=1S/C20H25NO4/c22-17(15-2-1-3-16(12-15)25-13-14-4-5-14)21-20-9-6-19(7-10-20,8-11-20)18(23)24/h1-3,12,14H,4-11,13H2,(H,21,22)(H,23,24). The van der Waals surface area contributed by atoms with Gasteiger partial charge >= 0.3 is 5.97 Å². The highest BCUT2D eigenvalue weighted by Gasteiger charge is 2.53. The van der Waals surface area contributed by atoms with Crippen molar-refractivity contribution in [2.45, 2.75) is 56.9 Å². The van der Waals surface area contributed by atoms with Gasteiger partial charge in [0, 0.05) is 11.1 Å². The first kappa shape index (κ1) is 16.4. The summed E-state index contributed by atoms with van der Waals surface area (Å²) in [6.45, 7) is 0.728. The van der Waals surface area contributed by atoms with E-state index < -0.39 is 11.4 Å². The predicted molar refractivity (Wildman–Crippen MR) is 92.6 cm³/mol. The van der Waals surface area contributed by atoms with E-state index in [1.807, 2.05) is 24.3 Å². The molecule has 2 N–H and O–H groups in total. The molecule has 134 valence electrons. The van der Waals surface area contributed by atoms with Gasteiger partial charge in [-0.05, 0) is 75.5 Å². The average molecular weight is 343 g/mol. The summed E-state index contributed by atoms with van der Waals surface area (Å²) < 4.78 is 5.76. The first-order chi connectivity index (χ1) is 12.0. The van der Waals surface area contributed by atoms with E-state index in [0.29, 0.717) is 30.7 Å². The number of hydrogen-bond acceptors (Lipinski definition) is 3. The lowest BCUT2D eigenvalue weighted by Gasteiger charge is -2.51. The molecule has 0 aliphatic heterocycles. The van der Waals surface area contributed by atoms with E-state index in [4.69, 9.17) is 4.74 Å². The molecule has 0 unspecified atom stereocenters. The monoisotopic (exact) mass is 343 g/mol. The molecule has 0 aromatic heterocycles. The quantitative estimate of drug-likeness (QED) is 0.830. The summed E-state index contributed by atoms with van der Waals surface area (Å²) in [5, 5.41) is 12.7. The van der Waals surface area contributed by atoms with Crippen LogP contribution in [0.25, 0.3) is 0 Å². The second kappa shape index (κ2) is 6.04. The van der Waals surface area contributed by atoms with Crippen molar-refractivity contribution in [3.8, 4) is 5.75 Å². The highest BCUT2D eigenvalue weighted by atomic mass is 16.5. The van der Waals surface area contributed by atoms with E-state index in [0.717, 1.165) is 31.6 Å². The number of carboxylic acids is 1. The molecule has 0 radical (unpaired) electrons. The van der Waals surface area contributed by atoms with Crippen LogP contribution in [0.5, 0.6) is 5.75 Å². The highest BCUT2D eigenvalue weighted by molar-refractivity contribution is 5.95. The minimum Gasteiger partial charge on any atom is -0.493 e. The van der Waals surface area contributed by atoms with E-state index in [1.165, 1.54) is 12.8 Å². The van der Waals surface area contributed by atoms with Gasteiger partial charge in [0.15, 0.2) is 0 Å². The van der Waals surface area contributed by atoms with Crippen molar-refractivity contribution in [1.29, 1.82) is 0 Å². The van der Waals surface area contributed by atoms with Gasteiger partial charge in [0.1, 0.15) is 5.75 Å². The molecule has 1 aromatic rings. The number of nitrogens with one attached hydrogen (secondary N) is 1. The molecule has 4 aliphatic rings. The number of rotatable bonds is 6. The molecule has 4 fully saturated rings. The minimum absolute atomic E-state index is 0.0819. The van der Waals surface area contributed by atoms with Gasteiger partial charge < -0.3 is 15.2 Å². The number of benzene rings is 1. The second-order valence-electron chi connectivity index (χ2n) is 8.10. The molecule has 4 aliphatic carbocycles. The first-order valence-corrected chi connectivity index (χ1v) is 9.29. The fraction of sp³-hybridized carbons (Fsp3) is 0.600. The van der Waals surface area contributed by atoms with E-state index >= 15 is 0 Å². The Bertz CT molecular complexity index is 670. The van der Waals surface area contributed by atoms with Crippen molar-refractivity contribution in [2.75, 3.05) is 6.61 Å². The van der Waals surface area contributed by atoms with Crippen LogP contribution < -0.4 is 10.1 Å². The Balaban J connectivity index is 1.40. The van der Waals surface area contributed by atoms with Crippen LogP contribution in [0, 0.1) is 11.3 Å². The smallest absolute Gasteiger partial charge is 0.309 e.